The van der Waals surface area contributed by atoms with Gasteiger partial charge in [0.05, 0.1) is 24.8 Å². The Balaban J connectivity index is 1.08. The number of methoxy groups -OCH3 is 1. The summed E-state index contributed by atoms with van der Waals surface area (Å²) in [4.78, 5) is 31.3. The molecule has 5 aliphatic rings. The second-order valence-corrected chi connectivity index (χ2v) is 11.0. The fraction of sp³-hybridized carbons (Fsp3) is 0.615. The van der Waals surface area contributed by atoms with Crippen molar-refractivity contribution >= 4 is 23.5 Å². The zero-order valence-electron chi connectivity index (χ0n) is 20.4. The number of piperazine rings is 1. The maximum atomic E-state index is 13.7. The second kappa shape index (κ2) is 8.93. The van der Waals surface area contributed by atoms with E-state index in [4.69, 9.17) is 10.5 Å². The minimum Gasteiger partial charge on any atom is -0.495 e. The molecule has 35 heavy (non-hydrogen) atoms. The van der Waals surface area contributed by atoms with E-state index in [0.717, 1.165) is 68.9 Å². The monoisotopic (exact) mass is 477 g/mol. The lowest BCUT2D eigenvalue weighted by atomic mass is 9.49. The number of anilines is 3. The van der Waals surface area contributed by atoms with E-state index in [1.54, 1.807) is 7.11 Å². The number of carbonyl (C=O) groups excluding carboxylic acids is 1. The highest BCUT2D eigenvalue weighted by atomic mass is 16.5. The van der Waals surface area contributed by atoms with Crippen LogP contribution in [0.15, 0.2) is 24.3 Å². The molecule has 1 aromatic carbocycles. The molecule has 186 valence electrons. The first-order valence-corrected chi connectivity index (χ1v) is 12.9. The Labute approximate surface area is 206 Å². The van der Waals surface area contributed by atoms with Gasteiger partial charge in [0.1, 0.15) is 11.6 Å². The van der Waals surface area contributed by atoms with E-state index in [9.17, 15) is 4.79 Å². The summed E-state index contributed by atoms with van der Waals surface area (Å²) in [6, 6.07) is 7.60. The standard InChI is InChI=1S/C26H35N7O2/c1-35-21-5-3-2-4-20(21)28-25-30-22(29-24(27)31-25)16-32-6-8-33(9-7-32)23(34)26-13-17-10-18(14-26)12-19(11-17)15-26/h2-5,17-19H,6-16H2,1H3,(H3,27,28,29,30,31). The van der Waals surface area contributed by atoms with Crippen molar-refractivity contribution in [3.05, 3.63) is 30.1 Å². The summed E-state index contributed by atoms with van der Waals surface area (Å²) in [5.74, 6) is 4.71. The molecule has 0 atom stereocenters. The van der Waals surface area contributed by atoms with Crippen LogP contribution in [0, 0.1) is 23.2 Å². The topological polar surface area (TPSA) is 109 Å². The lowest BCUT2D eigenvalue weighted by molar-refractivity contribution is -0.159. The van der Waals surface area contributed by atoms with Crippen molar-refractivity contribution in [3.63, 3.8) is 0 Å². The van der Waals surface area contributed by atoms with Gasteiger partial charge in [0.25, 0.3) is 0 Å². The van der Waals surface area contributed by atoms with Crippen LogP contribution in [0.2, 0.25) is 0 Å². The van der Waals surface area contributed by atoms with Crippen LogP contribution >= 0.6 is 0 Å². The second-order valence-electron chi connectivity index (χ2n) is 11.0. The van der Waals surface area contributed by atoms with Crippen molar-refractivity contribution in [2.45, 2.75) is 45.1 Å². The molecular weight excluding hydrogens is 442 g/mol. The molecule has 4 bridgehead atoms. The Bertz CT molecular complexity index is 1060. The Morgan fingerprint density at radius 1 is 1.03 bits per heavy atom. The Hall–Kier alpha value is -2.94. The molecule has 1 aliphatic heterocycles. The Kier molecular flexibility index (Phi) is 5.75. The van der Waals surface area contributed by atoms with Gasteiger partial charge < -0.3 is 20.7 Å². The number of nitrogens with one attached hydrogen (secondary N) is 1. The van der Waals surface area contributed by atoms with Crippen LogP contribution in [0.25, 0.3) is 0 Å². The van der Waals surface area contributed by atoms with Crippen LogP contribution in [-0.4, -0.2) is 63.9 Å². The van der Waals surface area contributed by atoms with Gasteiger partial charge in [-0.05, 0) is 68.4 Å². The number of nitrogen functional groups attached to an aromatic ring is 1. The number of hydrogen-bond acceptors (Lipinski definition) is 8. The molecule has 5 fully saturated rings. The van der Waals surface area contributed by atoms with Crippen molar-refractivity contribution in [3.8, 4) is 5.75 Å². The lowest BCUT2D eigenvalue weighted by Gasteiger charge is -2.57. The van der Waals surface area contributed by atoms with Gasteiger partial charge in [0.15, 0.2) is 0 Å². The average molecular weight is 478 g/mol. The molecule has 4 aliphatic carbocycles. The number of amides is 1. The van der Waals surface area contributed by atoms with Gasteiger partial charge in [-0.25, -0.2) is 0 Å². The number of rotatable bonds is 6. The van der Waals surface area contributed by atoms with E-state index in [2.05, 4.69) is 30.1 Å². The highest BCUT2D eigenvalue weighted by Crippen LogP contribution is 2.60. The normalized spacial score (nSPS) is 29.9. The van der Waals surface area contributed by atoms with Gasteiger partial charge in [-0.1, -0.05) is 12.1 Å². The molecular formula is C26H35N7O2. The number of hydrogen-bond donors (Lipinski definition) is 2. The molecule has 9 heteroatoms. The molecule has 0 spiro atoms. The van der Waals surface area contributed by atoms with Gasteiger partial charge in [0, 0.05) is 26.2 Å². The van der Waals surface area contributed by atoms with Crippen LogP contribution < -0.4 is 15.8 Å². The van der Waals surface area contributed by atoms with E-state index in [0.29, 0.717) is 30.0 Å². The van der Waals surface area contributed by atoms with E-state index < -0.39 is 0 Å². The average Bonchev–Trinajstić information content (AvgIpc) is 2.83. The summed E-state index contributed by atoms with van der Waals surface area (Å²) < 4.78 is 5.40. The van der Waals surface area contributed by atoms with Gasteiger partial charge in [0.2, 0.25) is 17.8 Å². The molecule has 0 radical (unpaired) electrons. The first-order chi connectivity index (χ1) is 17.0. The van der Waals surface area contributed by atoms with Gasteiger partial charge >= 0.3 is 0 Å². The number of benzene rings is 1. The highest BCUT2D eigenvalue weighted by Gasteiger charge is 2.55. The molecule has 1 saturated heterocycles. The van der Waals surface area contributed by atoms with Crippen LogP contribution in [-0.2, 0) is 11.3 Å². The maximum Gasteiger partial charge on any atom is 0.232 e. The largest absolute Gasteiger partial charge is 0.495 e. The van der Waals surface area contributed by atoms with E-state index in [1.165, 1.54) is 19.3 Å². The number of para-hydroxylation sites is 2. The van der Waals surface area contributed by atoms with Crippen molar-refractivity contribution in [2.24, 2.45) is 23.2 Å². The lowest BCUT2D eigenvalue weighted by Crippen LogP contribution is -2.58. The molecule has 1 amide bonds. The van der Waals surface area contributed by atoms with Gasteiger partial charge in [-0.15, -0.1) is 0 Å². The van der Waals surface area contributed by atoms with Crippen molar-refractivity contribution in [1.82, 2.24) is 24.8 Å². The molecule has 3 N–H and O–H groups in total. The van der Waals surface area contributed by atoms with Crippen LogP contribution in [0.4, 0.5) is 17.6 Å². The molecule has 0 unspecified atom stereocenters. The number of aromatic nitrogens is 3. The minimum absolute atomic E-state index is 0.0569. The summed E-state index contributed by atoms with van der Waals surface area (Å²) in [7, 11) is 1.63. The van der Waals surface area contributed by atoms with Gasteiger partial charge in [-0.3, -0.25) is 9.69 Å². The molecule has 1 aromatic heterocycles. The summed E-state index contributed by atoms with van der Waals surface area (Å²) in [5.41, 5.74) is 6.70. The van der Waals surface area contributed by atoms with E-state index in [-0.39, 0.29) is 11.4 Å². The summed E-state index contributed by atoms with van der Waals surface area (Å²) in [6.07, 6.45) is 7.48. The molecule has 2 heterocycles. The van der Waals surface area contributed by atoms with Gasteiger partial charge in [-0.2, -0.15) is 15.0 Å². The van der Waals surface area contributed by atoms with Crippen molar-refractivity contribution < 1.29 is 9.53 Å². The Morgan fingerprint density at radius 2 is 1.69 bits per heavy atom. The zero-order chi connectivity index (χ0) is 24.0. The fourth-order valence-corrected chi connectivity index (χ4v) is 7.45. The summed E-state index contributed by atoms with van der Waals surface area (Å²) >= 11 is 0. The highest BCUT2D eigenvalue weighted by molar-refractivity contribution is 5.83. The third-order valence-corrected chi connectivity index (χ3v) is 8.57. The third-order valence-electron chi connectivity index (χ3n) is 8.57. The third kappa shape index (κ3) is 4.42. The van der Waals surface area contributed by atoms with Crippen molar-refractivity contribution in [2.75, 3.05) is 44.3 Å². The Morgan fingerprint density at radius 3 is 2.34 bits per heavy atom. The molecule has 9 nitrogen and oxygen atoms in total. The minimum atomic E-state index is -0.0569. The SMILES string of the molecule is COc1ccccc1Nc1nc(N)nc(CN2CCN(C(=O)C34CC5CC(CC(C5)C3)C4)CC2)n1. The van der Waals surface area contributed by atoms with Crippen LogP contribution in [0.5, 0.6) is 5.75 Å². The zero-order valence-corrected chi connectivity index (χ0v) is 20.4. The van der Waals surface area contributed by atoms with E-state index in [1.807, 2.05) is 24.3 Å². The fourth-order valence-electron chi connectivity index (χ4n) is 7.45. The first kappa shape index (κ1) is 22.5. The predicted octanol–water partition coefficient (Wildman–Crippen LogP) is 3.07. The molecule has 7 rings (SSSR count). The number of nitrogens with zero attached hydrogens (tertiary/aromatic N) is 5. The quantitative estimate of drug-likeness (QED) is 0.653. The molecule has 4 saturated carbocycles. The predicted molar refractivity (Wildman–Crippen MR) is 133 cm³/mol. The number of carbonyl (C=O) groups is 1. The molecule has 2 aromatic rings. The van der Waals surface area contributed by atoms with Crippen molar-refractivity contribution in [1.29, 1.82) is 0 Å². The number of nitrogens with two attached hydrogens (primary N) is 1. The maximum absolute atomic E-state index is 13.7. The van der Waals surface area contributed by atoms with E-state index >= 15 is 0 Å². The van der Waals surface area contributed by atoms with Crippen LogP contribution in [0.1, 0.15) is 44.3 Å². The smallest absolute Gasteiger partial charge is 0.232 e. The van der Waals surface area contributed by atoms with Crippen LogP contribution in [0.3, 0.4) is 0 Å². The summed E-state index contributed by atoms with van der Waals surface area (Å²) in [5, 5.41) is 3.19. The number of ether oxygens (including phenoxy) is 1. The first-order valence-electron chi connectivity index (χ1n) is 12.9. The summed E-state index contributed by atoms with van der Waals surface area (Å²) in [6.45, 7) is 3.76.